The third-order valence-corrected chi connectivity index (χ3v) is 7.42. The SMILES string of the molecule is O=C(c1cc(Br)c(Br)s1)N(Cc1ccccc1Br)C1CC1. The zero-order chi connectivity index (χ0) is 15.0. The van der Waals surface area contributed by atoms with E-state index in [1.807, 2.05) is 29.2 Å². The van der Waals surface area contributed by atoms with Gasteiger partial charge in [0.25, 0.3) is 5.91 Å². The van der Waals surface area contributed by atoms with E-state index in [1.54, 1.807) is 0 Å². The molecule has 1 amide bonds. The first-order chi connectivity index (χ1) is 10.1. The molecule has 1 fully saturated rings. The normalized spacial score (nSPS) is 14.2. The van der Waals surface area contributed by atoms with Gasteiger partial charge in [0.05, 0.1) is 8.66 Å². The van der Waals surface area contributed by atoms with Gasteiger partial charge < -0.3 is 4.90 Å². The lowest BCUT2D eigenvalue weighted by Crippen LogP contribution is -2.32. The highest BCUT2D eigenvalue weighted by molar-refractivity contribution is 9.13. The maximum Gasteiger partial charge on any atom is 0.264 e. The minimum atomic E-state index is 0.115. The Hall–Kier alpha value is -0.170. The molecule has 1 aromatic heterocycles. The van der Waals surface area contributed by atoms with E-state index in [0.717, 1.165) is 36.0 Å². The molecule has 1 saturated carbocycles. The summed E-state index contributed by atoms with van der Waals surface area (Å²) in [7, 11) is 0. The van der Waals surface area contributed by atoms with Gasteiger partial charge in [-0.25, -0.2) is 0 Å². The molecule has 2 nitrogen and oxygen atoms in total. The lowest BCUT2D eigenvalue weighted by atomic mass is 10.2. The summed E-state index contributed by atoms with van der Waals surface area (Å²) in [6, 6.07) is 10.4. The lowest BCUT2D eigenvalue weighted by Gasteiger charge is -2.22. The number of nitrogens with zero attached hydrogens (tertiary/aromatic N) is 1. The van der Waals surface area contributed by atoms with Crippen LogP contribution in [0.2, 0.25) is 0 Å². The fraction of sp³-hybridized carbons (Fsp3) is 0.267. The van der Waals surface area contributed by atoms with Gasteiger partial charge in [-0.1, -0.05) is 34.1 Å². The smallest absolute Gasteiger partial charge is 0.264 e. The first-order valence-corrected chi connectivity index (χ1v) is 9.75. The number of thiophene rings is 1. The molecule has 0 saturated heterocycles. The van der Waals surface area contributed by atoms with Crippen molar-refractivity contribution in [2.24, 2.45) is 0 Å². The summed E-state index contributed by atoms with van der Waals surface area (Å²) in [5.41, 5.74) is 1.15. The van der Waals surface area contributed by atoms with Crippen LogP contribution in [0.25, 0.3) is 0 Å². The molecule has 1 aliphatic carbocycles. The van der Waals surface area contributed by atoms with Gasteiger partial charge in [-0.05, 0) is 62.4 Å². The van der Waals surface area contributed by atoms with Crippen molar-refractivity contribution in [3.05, 3.63) is 53.5 Å². The molecule has 0 unspecified atom stereocenters. The molecule has 1 aromatic carbocycles. The van der Waals surface area contributed by atoms with Gasteiger partial charge in [-0.2, -0.15) is 0 Å². The monoisotopic (exact) mass is 491 g/mol. The Kier molecular flexibility index (Phi) is 4.88. The fourth-order valence-electron chi connectivity index (χ4n) is 2.16. The van der Waals surface area contributed by atoms with Crippen molar-refractivity contribution in [2.45, 2.75) is 25.4 Å². The van der Waals surface area contributed by atoms with Crippen LogP contribution in [-0.4, -0.2) is 16.8 Å². The van der Waals surface area contributed by atoms with Crippen molar-refractivity contribution < 1.29 is 4.79 Å². The number of hydrogen-bond donors (Lipinski definition) is 0. The average Bonchev–Trinajstić information content (AvgIpc) is 3.24. The molecule has 0 radical (unpaired) electrons. The molecule has 2 aromatic rings. The van der Waals surface area contributed by atoms with Gasteiger partial charge in [-0.15, -0.1) is 11.3 Å². The van der Waals surface area contributed by atoms with Crippen LogP contribution in [0.15, 0.2) is 43.1 Å². The third kappa shape index (κ3) is 3.60. The van der Waals surface area contributed by atoms with Crippen LogP contribution in [0.3, 0.4) is 0 Å². The summed E-state index contributed by atoms with van der Waals surface area (Å²) in [5, 5.41) is 0. The maximum atomic E-state index is 12.8. The van der Waals surface area contributed by atoms with Crippen molar-refractivity contribution >= 4 is 65.0 Å². The molecule has 110 valence electrons. The van der Waals surface area contributed by atoms with Gasteiger partial charge in [0, 0.05) is 21.5 Å². The summed E-state index contributed by atoms with van der Waals surface area (Å²) in [4.78, 5) is 15.5. The van der Waals surface area contributed by atoms with Crippen LogP contribution in [0, 0.1) is 0 Å². The Morgan fingerprint density at radius 3 is 2.48 bits per heavy atom. The molecule has 0 spiro atoms. The number of carbonyl (C=O) groups is 1. The molecule has 0 atom stereocenters. The highest BCUT2D eigenvalue weighted by Gasteiger charge is 2.34. The topological polar surface area (TPSA) is 20.3 Å². The van der Waals surface area contributed by atoms with E-state index >= 15 is 0 Å². The second kappa shape index (κ2) is 6.52. The molecule has 0 bridgehead atoms. The van der Waals surface area contributed by atoms with Crippen molar-refractivity contribution in [2.75, 3.05) is 0 Å². The Morgan fingerprint density at radius 1 is 1.19 bits per heavy atom. The van der Waals surface area contributed by atoms with E-state index in [2.05, 4.69) is 53.9 Å². The molecule has 1 aliphatic rings. The molecular weight excluding hydrogens is 482 g/mol. The molecule has 6 heteroatoms. The molecule has 0 N–H and O–H groups in total. The van der Waals surface area contributed by atoms with Crippen molar-refractivity contribution in [3.8, 4) is 0 Å². The summed E-state index contributed by atoms with van der Waals surface area (Å²) < 4.78 is 2.95. The lowest BCUT2D eigenvalue weighted by molar-refractivity contribution is 0.0734. The first-order valence-electron chi connectivity index (χ1n) is 6.55. The number of rotatable bonds is 4. The van der Waals surface area contributed by atoms with Crippen LogP contribution in [0.5, 0.6) is 0 Å². The number of carbonyl (C=O) groups excluding carboxylic acids is 1. The number of amides is 1. The molecule has 1 heterocycles. The summed E-state index contributed by atoms with van der Waals surface area (Å²) in [6.07, 6.45) is 2.20. The van der Waals surface area contributed by atoms with Crippen molar-refractivity contribution in [1.29, 1.82) is 0 Å². The molecule has 0 aliphatic heterocycles. The van der Waals surface area contributed by atoms with Crippen LogP contribution < -0.4 is 0 Å². The molecular formula is C15H12Br3NOS. The van der Waals surface area contributed by atoms with E-state index in [9.17, 15) is 4.79 Å². The maximum absolute atomic E-state index is 12.8. The van der Waals surface area contributed by atoms with E-state index in [0.29, 0.717) is 12.6 Å². The van der Waals surface area contributed by atoms with Crippen LogP contribution in [-0.2, 0) is 6.54 Å². The Bertz CT molecular complexity index is 662. The Balaban J connectivity index is 1.85. The van der Waals surface area contributed by atoms with E-state index in [-0.39, 0.29) is 5.91 Å². The van der Waals surface area contributed by atoms with Crippen LogP contribution in [0.4, 0.5) is 0 Å². The first kappa shape index (κ1) is 15.7. The summed E-state index contributed by atoms with van der Waals surface area (Å²) in [6.45, 7) is 0.651. The number of hydrogen-bond acceptors (Lipinski definition) is 2. The minimum absolute atomic E-state index is 0.115. The number of benzene rings is 1. The zero-order valence-electron chi connectivity index (χ0n) is 11.0. The highest BCUT2D eigenvalue weighted by Crippen LogP contribution is 2.36. The van der Waals surface area contributed by atoms with Gasteiger partial charge in [0.15, 0.2) is 0 Å². The van der Waals surface area contributed by atoms with Crippen LogP contribution >= 0.6 is 59.1 Å². The van der Waals surface area contributed by atoms with Crippen molar-refractivity contribution in [3.63, 3.8) is 0 Å². The summed E-state index contributed by atoms with van der Waals surface area (Å²) >= 11 is 12.0. The second-order valence-corrected chi connectivity index (χ2v) is 9.07. The summed E-state index contributed by atoms with van der Waals surface area (Å²) in [5.74, 6) is 0.115. The zero-order valence-corrected chi connectivity index (χ0v) is 16.6. The fourth-order valence-corrected chi connectivity index (χ4v) is 4.56. The van der Waals surface area contributed by atoms with Crippen molar-refractivity contribution in [1.82, 2.24) is 4.90 Å². The Labute approximate surface area is 152 Å². The minimum Gasteiger partial charge on any atom is -0.331 e. The Morgan fingerprint density at radius 2 is 1.90 bits per heavy atom. The predicted octanol–water partition coefficient (Wildman–Crippen LogP) is 5.84. The van der Waals surface area contributed by atoms with Gasteiger partial charge in [0.2, 0.25) is 0 Å². The third-order valence-electron chi connectivity index (χ3n) is 3.40. The van der Waals surface area contributed by atoms with E-state index < -0.39 is 0 Å². The molecule has 21 heavy (non-hydrogen) atoms. The predicted molar refractivity (Wildman–Crippen MR) is 96.8 cm³/mol. The largest absolute Gasteiger partial charge is 0.331 e. The quantitative estimate of drug-likeness (QED) is 0.524. The number of halogens is 3. The van der Waals surface area contributed by atoms with Gasteiger partial charge in [-0.3, -0.25) is 4.79 Å². The highest BCUT2D eigenvalue weighted by atomic mass is 79.9. The van der Waals surface area contributed by atoms with E-state index in [1.165, 1.54) is 11.3 Å². The van der Waals surface area contributed by atoms with Gasteiger partial charge >= 0.3 is 0 Å². The standard InChI is InChI=1S/C15H12Br3NOS/c16-11-4-2-1-3-9(11)8-19(10-5-6-10)15(20)13-7-12(17)14(18)21-13/h1-4,7,10H,5-6,8H2. The van der Waals surface area contributed by atoms with E-state index in [4.69, 9.17) is 0 Å². The second-order valence-electron chi connectivity index (χ2n) is 4.99. The van der Waals surface area contributed by atoms with Gasteiger partial charge in [0.1, 0.15) is 0 Å². The van der Waals surface area contributed by atoms with Crippen LogP contribution in [0.1, 0.15) is 28.1 Å². The molecule has 3 rings (SSSR count). The average molecular weight is 494 g/mol.